The quantitative estimate of drug-likeness (QED) is 0.921. The molecule has 0 fully saturated rings. The molecule has 0 radical (unpaired) electrons. The zero-order valence-electron chi connectivity index (χ0n) is 10.9. The fourth-order valence-electron chi connectivity index (χ4n) is 1.88. The molecule has 4 heteroatoms. The zero-order chi connectivity index (χ0) is 13.3. The van der Waals surface area contributed by atoms with E-state index < -0.39 is 0 Å². The van der Waals surface area contributed by atoms with Crippen molar-refractivity contribution in [3.63, 3.8) is 0 Å². The van der Waals surface area contributed by atoms with Crippen LogP contribution in [0, 0.1) is 0 Å². The molecule has 0 atom stereocenters. The molecule has 0 amide bonds. The highest BCUT2D eigenvalue weighted by atomic mass is 79.9. The maximum atomic E-state index is 6.01. The standard InChI is InChI=1S/C14H18BrN3/c1-14(2,3)13-12(16)9-18(17-13)8-10-4-6-11(15)7-5-10/h4-7,9H,8,16H2,1-3H3. The van der Waals surface area contributed by atoms with Gasteiger partial charge in [0.25, 0.3) is 0 Å². The largest absolute Gasteiger partial charge is 0.396 e. The molecule has 1 aromatic carbocycles. The Balaban J connectivity index is 2.23. The number of halogens is 1. The van der Waals surface area contributed by atoms with Crippen LogP contribution in [0.4, 0.5) is 5.69 Å². The Labute approximate surface area is 116 Å². The fraction of sp³-hybridized carbons (Fsp3) is 0.357. The molecule has 2 N–H and O–H groups in total. The van der Waals surface area contributed by atoms with Crippen molar-refractivity contribution in [2.24, 2.45) is 0 Å². The molecule has 1 aromatic heterocycles. The number of benzene rings is 1. The van der Waals surface area contributed by atoms with Gasteiger partial charge in [0.1, 0.15) is 0 Å². The van der Waals surface area contributed by atoms with Gasteiger partial charge in [-0.3, -0.25) is 4.68 Å². The maximum Gasteiger partial charge on any atom is 0.0907 e. The second-order valence-corrected chi connectivity index (χ2v) is 6.42. The van der Waals surface area contributed by atoms with Gasteiger partial charge in [-0.2, -0.15) is 5.10 Å². The van der Waals surface area contributed by atoms with E-state index in [1.54, 1.807) is 0 Å². The summed E-state index contributed by atoms with van der Waals surface area (Å²) in [6, 6.07) is 8.23. The van der Waals surface area contributed by atoms with E-state index >= 15 is 0 Å². The minimum Gasteiger partial charge on any atom is -0.396 e. The van der Waals surface area contributed by atoms with Gasteiger partial charge in [-0.05, 0) is 17.7 Å². The molecule has 1 heterocycles. The molecule has 0 saturated carbocycles. The van der Waals surface area contributed by atoms with Crippen molar-refractivity contribution in [2.45, 2.75) is 32.7 Å². The molecule has 0 aliphatic carbocycles. The van der Waals surface area contributed by atoms with Crippen LogP contribution < -0.4 is 5.73 Å². The number of nitrogens with two attached hydrogens (primary N) is 1. The first-order valence-electron chi connectivity index (χ1n) is 5.94. The van der Waals surface area contributed by atoms with Gasteiger partial charge in [0, 0.05) is 16.1 Å². The van der Waals surface area contributed by atoms with Crippen LogP contribution in [0.5, 0.6) is 0 Å². The third-order valence-corrected chi connectivity index (χ3v) is 3.29. The third kappa shape index (κ3) is 2.93. The number of hydrogen-bond donors (Lipinski definition) is 1. The van der Waals surface area contributed by atoms with E-state index in [1.807, 2.05) is 23.0 Å². The Morgan fingerprint density at radius 1 is 1.22 bits per heavy atom. The highest BCUT2D eigenvalue weighted by molar-refractivity contribution is 9.10. The van der Waals surface area contributed by atoms with E-state index in [1.165, 1.54) is 5.56 Å². The second-order valence-electron chi connectivity index (χ2n) is 5.51. The Bertz CT molecular complexity index is 535. The minimum absolute atomic E-state index is 0.0188. The summed E-state index contributed by atoms with van der Waals surface area (Å²) >= 11 is 3.43. The second kappa shape index (κ2) is 4.76. The van der Waals surface area contributed by atoms with Gasteiger partial charge in [0.15, 0.2) is 0 Å². The minimum atomic E-state index is -0.0188. The summed E-state index contributed by atoms with van der Waals surface area (Å²) in [7, 11) is 0. The predicted octanol–water partition coefficient (Wildman–Crippen LogP) is 3.57. The summed E-state index contributed by atoms with van der Waals surface area (Å²) in [6.45, 7) is 7.11. The molecule has 2 rings (SSSR count). The SMILES string of the molecule is CC(C)(C)c1nn(Cc2ccc(Br)cc2)cc1N. The molecule has 0 bridgehead atoms. The van der Waals surface area contributed by atoms with Crippen LogP contribution in [0.25, 0.3) is 0 Å². The fourth-order valence-corrected chi connectivity index (χ4v) is 2.14. The van der Waals surface area contributed by atoms with Crippen molar-refractivity contribution in [1.29, 1.82) is 0 Å². The number of nitrogens with zero attached hydrogens (tertiary/aromatic N) is 2. The molecule has 96 valence electrons. The highest BCUT2D eigenvalue weighted by Crippen LogP contribution is 2.26. The Morgan fingerprint density at radius 3 is 2.33 bits per heavy atom. The van der Waals surface area contributed by atoms with Gasteiger partial charge in [-0.15, -0.1) is 0 Å². The molecular weight excluding hydrogens is 290 g/mol. The Hall–Kier alpha value is -1.29. The van der Waals surface area contributed by atoms with Crippen LogP contribution in [0.15, 0.2) is 34.9 Å². The van der Waals surface area contributed by atoms with Crippen molar-refractivity contribution < 1.29 is 0 Å². The normalized spacial score (nSPS) is 11.8. The topological polar surface area (TPSA) is 43.8 Å². The van der Waals surface area contributed by atoms with Crippen molar-refractivity contribution >= 4 is 21.6 Å². The maximum absolute atomic E-state index is 6.01. The van der Waals surface area contributed by atoms with Gasteiger partial charge in [-0.1, -0.05) is 48.8 Å². The van der Waals surface area contributed by atoms with Crippen LogP contribution in [-0.4, -0.2) is 9.78 Å². The summed E-state index contributed by atoms with van der Waals surface area (Å²) in [4.78, 5) is 0. The van der Waals surface area contributed by atoms with E-state index in [0.29, 0.717) is 0 Å². The van der Waals surface area contributed by atoms with Crippen molar-refractivity contribution in [3.05, 3.63) is 46.2 Å². The highest BCUT2D eigenvalue weighted by Gasteiger charge is 2.20. The average Bonchev–Trinajstić information content (AvgIpc) is 2.63. The molecule has 0 unspecified atom stereocenters. The Morgan fingerprint density at radius 2 is 1.83 bits per heavy atom. The van der Waals surface area contributed by atoms with Crippen molar-refractivity contribution in [1.82, 2.24) is 9.78 Å². The predicted molar refractivity (Wildman–Crippen MR) is 78.6 cm³/mol. The smallest absolute Gasteiger partial charge is 0.0907 e. The number of rotatable bonds is 2. The van der Waals surface area contributed by atoms with Gasteiger partial charge in [-0.25, -0.2) is 0 Å². The third-order valence-electron chi connectivity index (χ3n) is 2.76. The summed E-state index contributed by atoms with van der Waals surface area (Å²) in [5.74, 6) is 0. The van der Waals surface area contributed by atoms with Gasteiger partial charge < -0.3 is 5.73 Å². The van der Waals surface area contributed by atoms with E-state index in [4.69, 9.17) is 5.73 Å². The number of nitrogen functional groups attached to an aromatic ring is 1. The lowest BCUT2D eigenvalue weighted by molar-refractivity contribution is 0.546. The van der Waals surface area contributed by atoms with Gasteiger partial charge in [0.2, 0.25) is 0 Å². The van der Waals surface area contributed by atoms with Crippen molar-refractivity contribution in [3.8, 4) is 0 Å². The molecule has 0 saturated heterocycles. The van der Waals surface area contributed by atoms with Crippen LogP contribution in [0.1, 0.15) is 32.0 Å². The lowest BCUT2D eigenvalue weighted by atomic mass is 9.92. The summed E-state index contributed by atoms with van der Waals surface area (Å²) < 4.78 is 2.99. The lowest BCUT2D eigenvalue weighted by Gasteiger charge is -2.15. The van der Waals surface area contributed by atoms with E-state index in [0.717, 1.165) is 22.4 Å². The Kier molecular flexibility index (Phi) is 3.48. The van der Waals surface area contributed by atoms with Crippen LogP contribution in [0.3, 0.4) is 0 Å². The van der Waals surface area contributed by atoms with E-state index in [9.17, 15) is 0 Å². The molecule has 0 aliphatic rings. The molecular formula is C14H18BrN3. The van der Waals surface area contributed by atoms with E-state index in [-0.39, 0.29) is 5.41 Å². The summed E-state index contributed by atoms with van der Waals surface area (Å²) in [5, 5.41) is 4.58. The molecule has 2 aromatic rings. The summed E-state index contributed by atoms with van der Waals surface area (Å²) in [6.07, 6.45) is 1.91. The first-order valence-corrected chi connectivity index (χ1v) is 6.73. The number of anilines is 1. The van der Waals surface area contributed by atoms with E-state index in [2.05, 4.69) is 53.9 Å². The molecule has 18 heavy (non-hydrogen) atoms. The summed E-state index contributed by atoms with van der Waals surface area (Å²) in [5.41, 5.74) is 8.93. The molecule has 0 spiro atoms. The monoisotopic (exact) mass is 307 g/mol. The lowest BCUT2D eigenvalue weighted by Crippen LogP contribution is -2.14. The van der Waals surface area contributed by atoms with Crippen molar-refractivity contribution in [2.75, 3.05) is 5.73 Å². The average molecular weight is 308 g/mol. The van der Waals surface area contributed by atoms with Crippen LogP contribution in [0.2, 0.25) is 0 Å². The zero-order valence-corrected chi connectivity index (χ0v) is 12.5. The number of aromatic nitrogens is 2. The first-order chi connectivity index (χ1) is 8.36. The van der Waals surface area contributed by atoms with Gasteiger partial charge >= 0.3 is 0 Å². The van der Waals surface area contributed by atoms with Gasteiger partial charge in [0.05, 0.1) is 17.9 Å². The van der Waals surface area contributed by atoms with Crippen LogP contribution in [-0.2, 0) is 12.0 Å². The van der Waals surface area contributed by atoms with Crippen LogP contribution >= 0.6 is 15.9 Å². The number of hydrogen-bond acceptors (Lipinski definition) is 2. The molecule has 3 nitrogen and oxygen atoms in total. The first kappa shape index (κ1) is 13.1. The molecule has 0 aliphatic heterocycles.